The molecule has 4 rings (SSSR count). The largest absolute Gasteiger partial charge is 0.337 e. The Balaban J connectivity index is 0.00000225. The molecule has 0 bridgehead atoms. The number of benzene rings is 1. The Labute approximate surface area is 169 Å². The molecule has 0 spiro atoms. The Hall–Kier alpha value is -1.99. The second-order valence-corrected chi connectivity index (χ2v) is 7.63. The first kappa shape index (κ1) is 20.7. The fraction of sp³-hybridized carbons (Fsp3) is 0.500. The highest BCUT2D eigenvalue weighted by molar-refractivity contribution is 5.94. The number of likely N-dealkylation sites (tertiary alicyclic amines) is 1. The number of hydrogen-bond donors (Lipinski definition) is 1. The third-order valence-corrected chi connectivity index (χ3v) is 5.85. The predicted molar refractivity (Wildman–Crippen MR) is 105 cm³/mol. The quantitative estimate of drug-likeness (QED) is 0.844. The van der Waals surface area contributed by atoms with Crippen molar-refractivity contribution in [1.29, 1.82) is 0 Å². The van der Waals surface area contributed by atoms with Crippen molar-refractivity contribution in [3.63, 3.8) is 0 Å². The van der Waals surface area contributed by atoms with Gasteiger partial charge in [-0.25, -0.2) is 13.5 Å². The molecule has 2 heterocycles. The summed E-state index contributed by atoms with van der Waals surface area (Å²) in [5.41, 5.74) is 8.75. The molecule has 1 aliphatic carbocycles. The molecule has 0 saturated carbocycles. The lowest BCUT2D eigenvalue weighted by Gasteiger charge is -2.33. The first-order valence-electron chi connectivity index (χ1n) is 9.56. The van der Waals surface area contributed by atoms with Crippen molar-refractivity contribution < 1.29 is 13.6 Å². The Kier molecular flexibility index (Phi) is 6.05. The average molecular weight is 411 g/mol. The molecule has 2 aliphatic rings. The standard InChI is InChI=1S/C20H24F2N4O.ClH/c1-12(23)13-7-9-25(10-8-13)20(27)19-15-3-2-4-18(15)26(24-19)14-5-6-16(21)17(22)11-14;/h5-6,11-13H,2-4,7-10,23H2,1H3;1H. The number of fused-ring (bicyclic) bond motifs is 1. The minimum Gasteiger partial charge on any atom is -0.337 e. The number of rotatable bonds is 3. The van der Waals surface area contributed by atoms with Crippen LogP contribution < -0.4 is 5.73 Å². The van der Waals surface area contributed by atoms with Crippen LogP contribution in [0.5, 0.6) is 0 Å². The average Bonchev–Trinajstić information content (AvgIpc) is 3.26. The smallest absolute Gasteiger partial charge is 0.274 e. The molecule has 1 amide bonds. The highest BCUT2D eigenvalue weighted by Gasteiger charge is 2.32. The molecule has 1 aromatic carbocycles. The van der Waals surface area contributed by atoms with Crippen molar-refractivity contribution in [2.45, 2.75) is 45.1 Å². The highest BCUT2D eigenvalue weighted by atomic mass is 35.5. The third kappa shape index (κ3) is 3.65. The van der Waals surface area contributed by atoms with Crippen molar-refractivity contribution in [3.8, 4) is 5.69 Å². The zero-order chi connectivity index (χ0) is 19.1. The Morgan fingerprint density at radius 1 is 1.21 bits per heavy atom. The molecule has 8 heteroatoms. The maximum atomic E-state index is 13.7. The van der Waals surface area contributed by atoms with E-state index in [1.54, 1.807) is 4.68 Å². The van der Waals surface area contributed by atoms with Crippen molar-refractivity contribution in [1.82, 2.24) is 14.7 Å². The van der Waals surface area contributed by atoms with Gasteiger partial charge in [-0.1, -0.05) is 0 Å². The van der Waals surface area contributed by atoms with Crippen molar-refractivity contribution in [3.05, 3.63) is 46.8 Å². The first-order chi connectivity index (χ1) is 13.0. The lowest BCUT2D eigenvalue weighted by Crippen LogP contribution is -2.42. The van der Waals surface area contributed by atoms with Crippen LogP contribution in [-0.2, 0) is 12.8 Å². The van der Waals surface area contributed by atoms with Gasteiger partial charge in [0, 0.05) is 36.5 Å². The molecule has 2 N–H and O–H groups in total. The topological polar surface area (TPSA) is 64.2 Å². The van der Waals surface area contributed by atoms with Crippen molar-refractivity contribution >= 4 is 18.3 Å². The van der Waals surface area contributed by atoms with Crippen LogP contribution in [0.2, 0.25) is 0 Å². The molecule has 0 radical (unpaired) electrons. The highest BCUT2D eigenvalue weighted by Crippen LogP contribution is 2.30. The van der Waals surface area contributed by atoms with Gasteiger partial charge in [0.05, 0.1) is 5.69 Å². The minimum absolute atomic E-state index is 0. The molecule has 1 unspecified atom stereocenters. The third-order valence-electron chi connectivity index (χ3n) is 5.85. The van der Waals surface area contributed by atoms with Crippen LogP contribution in [0.4, 0.5) is 8.78 Å². The van der Waals surface area contributed by atoms with E-state index in [1.165, 1.54) is 6.07 Å². The summed E-state index contributed by atoms with van der Waals surface area (Å²) in [6.07, 6.45) is 4.30. The van der Waals surface area contributed by atoms with Gasteiger partial charge in [0.2, 0.25) is 0 Å². The monoisotopic (exact) mass is 410 g/mol. The molecule has 5 nitrogen and oxygen atoms in total. The number of carbonyl (C=O) groups excluding carboxylic acids is 1. The predicted octanol–water partition coefficient (Wildman–Crippen LogP) is 3.26. The van der Waals surface area contributed by atoms with Crippen LogP contribution in [0.3, 0.4) is 0 Å². The molecule has 1 saturated heterocycles. The Morgan fingerprint density at radius 2 is 1.93 bits per heavy atom. The van der Waals surface area contributed by atoms with E-state index < -0.39 is 11.6 Å². The van der Waals surface area contributed by atoms with Gasteiger partial charge in [-0.2, -0.15) is 5.10 Å². The van der Waals surface area contributed by atoms with E-state index >= 15 is 0 Å². The van der Waals surface area contributed by atoms with E-state index in [2.05, 4.69) is 5.10 Å². The SMILES string of the molecule is CC(N)C1CCN(C(=O)c2nn(-c3ccc(F)c(F)c3)c3c2CCC3)CC1.Cl. The van der Waals surface area contributed by atoms with Crippen LogP contribution in [-0.4, -0.2) is 39.7 Å². The zero-order valence-corrected chi connectivity index (χ0v) is 16.6. The molecule has 1 atom stereocenters. The van der Waals surface area contributed by atoms with E-state index in [0.29, 0.717) is 30.4 Å². The fourth-order valence-corrected chi connectivity index (χ4v) is 4.22. The summed E-state index contributed by atoms with van der Waals surface area (Å²) in [5, 5.41) is 4.51. The summed E-state index contributed by atoms with van der Waals surface area (Å²) >= 11 is 0. The van der Waals surface area contributed by atoms with Gasteiger partial charge in [0.15, 0.2) is 17.3 Å². The summed E-state index contributed by atoms with van der Waals surface area (Å²) in [7, 11) is 0. The van der Waals surface area contributed by atoms with E-state index in [1.807, 2.05) is 11.8 Å². The molecule has 1 aromatic heterocycles. The van der Waals surface area contributed by atoms with E-state index in [9.17, 15) is 13.6 Å². The van der Waals surface area contributed by atoms with Gasteiger partial charge in [-0.05, 0) is 57.1 Å². The van der Waals surface area contributed by atoms with Crippen LogP contribution in [0, 0.1) is 17.6 Å². The van der Waals surface area contributed by atoms with E-state index in [4.69, 9.17) is 5.73 Å². The van der Waals surface area contributed by atoms with Gasteiger partial charge in [0.25, 0.3) is 5.91 Å². The molecule has 28 heavy (non-hydrogen) atoms. The normalized spacial score (nSPS) is 17.9. The van der Waals surface area contributed by atoms with Gasteiger partial charge in [0.1, 0.15) is 0 Å². The van der Waals surface area contributed by atoms with Crippen molar-refractivity contribution in [2.24, 2.45) is 11.7 Å². The maximum absolute atomic E-state index is 13.7. The van der Waals surface area contributed by atoms with E-state index in [-0.39, 0.29) is 24.4 Å². The van der Waals surface area contributed by atoms with E-state index in [0.717, 1.165) is 55.5 Å². The Bertz CT molecular complexity index is 875. The Morgan fingerprint density at radius 3 is 2.57 bits per heavy atom. The van der Waals surface area contributed by atoms with Gasteiger partial charge < -0.3 is 10.6 Å². The van der Waals surface area contributed by atoms with Gasteiger partial charge in [-0.15, -0.1) is 12.4 Å². The van der Waals surface area contributed by atoms with Crippen molar-refractivity contribution in [2.75, 3.05) is 13.1 Å². The minimum atomic E-state index is -0.916. The number of piperidine rings is 1. The maximum Gasteiger partial charge on any atom is 0.274 e. The number of carbonyl (C=O) groups is 1. The second-order valence-electron chi connectivity index (χ2n) is 7.63. The van der Waals surface area contributed by atoms with Gasteiger partial charge >= 0.3 is 0 Å². The van der Waals surface area contributed by atoms with Crippen LogP contribution in [0.25, 0.3) is 5.69 Å². The summed E-state index contributed by atoms with van der Waals surface area (Å²) in [4.78, 5) is 14.9. The van der Waals surface area contributed by atoms with Crippen LogP contribution in [0.1, 0.15) is 47.9 Å². The number of aromatic nitrogens is 2. The first-order valence-corrected chi connectivity index (χ1v) is 9.56. The molecule has 2 aromatic rings. The molecule has 1 fully saturated rings. The summed E-state index contributed by atoms with van der Waals surface area (Å²) < 4.78 is 28.6. The number of amides is 1. The number of halogens is 3. The summed E-state index contributed by atoms with van der Waals surface area (Å²) in [6, 6.07) is 3.85. The molecule has 1 aliphatic heterocycles. The molecular formula is C20H25ClF2N4O. The fourth-order valence-electron chi connectivity index (χ4n) is 4.22. The summed E-state index contributed by atoms with van der Waals surface area (Å²) in [5.74, 6) is -1.44. The lowest BCUT2D eigenvalue weighted by molar-refractivity contribution is 0.0673. The zero-order valence-electron chi connectivity index (χ0n) is 15.8. The number of nitrogens with two attached hydrogens (primary N) is 1. The summed E-state index contributed by atoms with van der Waals surface area (Å²) in [6.45, 7) is 3.37. The molecular weight excluding hydrogens is 386 g/mol. The molecule has 152 valence electrons. The lowest BCUT2D eigenvalue weighted by atomic mass is 9.91. The van der Waals surface area contributed by atoms with Crippen LogP contribution in [0.15, 0.2) is 18.2 Å². The van der Waals surface area contributed by atoms with Gasteiger partial charge in [-0.3, -0.25) is 4.79 Å². The second kappa shape index (κ2) is 8.17. The number of nitrogens with zero attached hydrogens (tertiary/aromatic N) is 3. The van der Waals surface area contributed by atoms with Crippen LogP contribution >= 0.6 is 12.4 Å². The number of hydrogen-bond acceptors (Lipinski definition) is 3.